The number of aromatic carboxylic acids is 1. The van der Waals surface area contributed by atoms with Gasteiger partial charge in [0.05, 0.1) is 16.3 Å². The topological polar surface area (TPSA) is 50.2 Å². The van der Waals surface area contributed by atoms with Crippen molar-refractivity contribution in [2.45, 2.75) is 24.0 Å². The lowest BCUT2D eigenvalue weighted by atomic mass is 10.2. The van der Waals surface area contributed by atoms with Crippen molar-refractivity contribution in [3.8, 4) is 0 Å². The molecule has 0 unspecified atom stereocenters. The highest BCUT2D eigenvalue weighted by atomic mass is 79.9. The molecule has 1 aromatic carbocycles. The van der Waals surface area contributed by atoms with Gasteiger partial charge in [-0.2, -0.15) is 0 Å². The van der Waals surface area contributed by atoms with Crippen LogP contribution >= 0.6 is 39.0 Å². The molecule has 19 heavy (non-hydrogen) atoms. The maximum absolute atomic E-state index is 11.2. The van der Waals surface area contributed by atoms with Gasteiger partial charge in [0.1, 0.15) is 0 Å². The quantitative estimate of drug-likeness (QED) is 0.802. The van der Waals surface area contributed by atoms with Crippen LogP contribution < -0.4 is 0 Å². The molecule has 2 rings (SSSR count). The first kappa shape index (κ1) is 14.6. The lowest BCUT2D eigenvalue weighted by Crippen LogP contribution is -1.98. The molecule has 0 saturated heterocycles. The van der Waals surface area contributed by atoms with E-state index in [1.165, 1.54) is 11.8 Å². The van der Waals surface area contributed by atoms with Crippen molar-refractivity contribution in [3.05, 3.63) is 44.3 Å². The van der Waals surface area contributed by atoms with E-state index in [4.69, 9.17) is 5.11 Å². The fraction of sp³-hybridized carbons (Fsp3) is 0.231. The van der Waals surface area contributed by atoms with Crippen molar-refractivity contribution in [1.82, 2.24) is 4.98 Å². The van der Waals surface area contributed by atoms with Gasteiger partial charge < -0.3 is 5.11 Å². The van der Waals surface area contributed by atoms with Crippen LogP contribution in [-0.2, 0) is 12.2 Å². The molecule has 0 aliphatic heterocycles. The molecule has 1 N–H and O–H groups in total. The Morgan fingerprint density at radius 1 is 1.53 bits per heavy atom. The zero-order valence-electron chi connectivity index (χ0n) is 10.2. The first-order valence-electron chi connectivity index (χ1n) is 5.69. The van der Waals surface area contributed by atoms with Gasteiger partial charge in [0.2, 0.25) is 0 Å². The van der Waals surface area contributed by atoms with Crippen molar-refractivity contribution >= 4 is 45.0 Å². The lowest BCUT2D eigenvalue weighted by molar-refractivity contribution is 0.0693. The van der Waals surface area contributed by atoms with Crippen molar-refractivity contribution < 1.29 is 9.90 Å². The van der Waals surface area contributed by atoms with Crippen LogP contribution in [0.5, 0.6) is 0 Å². The number of hydrogen-bond acceptors (Lipinski definition) is 4. The van der Waals surface area contributed by atoms with Crippen LogP contribution in [0.2, 0.25) is 0 Å². The molecule has 1 aromatic heterocycles. The third-order valence-corrected chi connectivity index (χ3v) is 5.08. The number of halogens is 1. The maximum atomic E-state index is 11.2. The summed E-state index contributed by atoms with van der Waals surface area (Å²) < 4.78 is 0.882. The molecular formula is C13H12BrNO2S2. The molecule has 2 aromatic rings. The molecule has 0 saturated carbocycles. The highest BCUT2D eigenvalue weighted by Gasteiger charge is 2.11. The Balaban J connectivity index is 2.14. The number of carboxylic acids is 1. The standard InChI is InChI=1S/C13H12BrNO2S2/c1-2-12-15-9(7-19-12)6-18-11-5-8(14)3-4-10(11)13(16)17/h3-5,7H,2,6H2,1H3,(H,16,17). The number of aromatic nitrogens is 1. The number of thiazole rings is 1. The van der Waals surface area contributed by atoms with Crippen LogP contribution in [0.3, 0.4) is 0 Å². The summed E-state index contributed by atoms with van der Waals surface area (Å²) in [7, 11) is 0. The van der Waals surface area contributed by atoms with E-state index in [9.17, 15) is 4.79 Å². The van der Waals surface area contributed by atoms with E-state index in [1.807, 2.05) is 11.4 Å². The van der Waals surface area contributed by atoms with Crippen molar-refractivity contribution in [1.29, 1.82) is 0 Å². The van der Waals surface area contributed by atoms with E-state index >= 15 is 0 Å². The van der Waals surface area contributed by atoms with Crippen molar-refractivity contribution in [2.24, 2.45) is 0 Å². The molecule has 0 bridgehead atoms. The third-order valence-electron chi connectivity index (χ3n) is 2.45. The van der Waals surface area contributed by atoms with Gasteiger partial charge in [-0.25, -0.2) is 9.78 Å². The molecule has 0 aliphatic rings. The first-order valence-corrected chi connectivity index (χ1v) is 8.35. The highest BCUT2D eigenvalue weighted by Crippen LogP contribution is 2.29. The number of hydrogen-bond donors (Lipinski definition) is 1. The Kier molecular flexibility index (Phi) is 5.01. The Bertz CT molecular complexity index is 598. The van der Waals surface area contributed by atoms with E-state index in [0.717, 1.165) is 26.5 Å². The maximum Gasteiger partial charge on any atom is 0.336 e. The van der Waals surface area contributed by atoms with Gasteiger partial charge in [0, 0.05) is 20.5 Å². The number of benzene rings is 1. The predicted molar refractivity (Wildman–Crippen MR) is 82.2 cm³/mol. The average Bonchev–Trinajstić information content (AvgIpc) is 2.84. The lowest BCUT2D eigenvalue weighted by Gasteiger charge is -2.05. The molecule has 0 fully saturated rings. The van der Waals surface area contributed by atoms with Crippen LogP contribution in [0.1, 0.15) is 28.0 Å². The van der Waals surface area contributed by atoms with E-state index in [1.54, 1.807) is 23.5 Å². The minimum Gasteiger partial charge on any atom is -0.478 e. The van der Waals surface area contributed by atoms with Crippen LogP contribution in [0.4, 0.5) is 0 Å². The van der Waals surface area contributed by atoms with Gasteiger partial charge in [0.15, 0.2) is 0 Å². The van der Waals surface area contributed by atoms with Gasteiger partial charge in [-0.15, -0.1) is 23.1 Å². The normalized spacial score (nSPS) is 10.6. The summed E-state index contributed by atoms with van der Waals surface area (Å²) in [6.07, 6.45) is 0.937. The molecule has 6 heteroatoms. The molecule has 0 spiro atoms. The molecule has 0 radical (unpaired) electrons. The molecule has 0 atom stereocenters. The van der Waals surface area contributed by atoms with Gasteiger partial charge >= 0.3 is 5.97 Å². The second kappa shape index (κ2) is 6.54. The average molecular weight is 358 g/mol. The largest absolute Gasteiger partial charge is 0.478 e. The summed E-state index contributed by atoms with van der Waals surface area (Å²) >= 11 is 6.52. The number of nitrogens with zero attached hydrogens (tertiary/aromatic N) is 1. The van der Waals surface area contributed by atoms with Gasteiger partial charge in [-0.1, -0.05) is 22.9 Å². The first-order chi connectivity index (χ1) is 9.10. The smallest absolute Gasteiger partial charge is 0.336 e. The Morgan fingerprint density at radius 3 is 2.95 bits per heavy atom. The van der Waals surface area contributed by atoms with Gasteiger partial charge in [0.25, 0.3) is 0 Å². The summed E-state index contributed by atoms with van der Waals surface area (Å²) in [5.41, 5.74) is 1.34. The number of rotatable bonds is 5. The van der Waals surface area contributed by atoms with Crippen molar-refractivity contribution in [2.75, 3.05) is 0 Å². The Labute approximate surface area is 128 Å². The number of carboxylic acid groups (broad SMARTS) is 1. The summed E-state index contributed by atoms with van der Waals surface area (Å²) in [4.78, 5) is 16.4. The number of aryl methyl sites for hydroxylation is 1. The summed E-state index contributed by atoms with van der Waals surface area (Å²) in [6.45, 7) is 2.08. The van der Waals surface area contributed by atoms with E-state index < -0.39 is 5.97 Å². The van der Waals surface area contributed by atoms with E-state index in [-0.39, 0.29) is 0 Å². The monoisotopic (exact) mass is 357 g/mol. The zero-order chi connectivity index (χ0) is 13.8. The highest BCUT2D eigenvalue weighted by molar-refractivity contribution is 9.10. The van der Waals surface area contributed by atoms with E-state index in [2.05, 4.69) is 27.8 Å². The van der Waals surface area contributed by atoms with E-state index in [0.29, 0.717) is 11.3 Å². The fourth-order valence-corrected chi connectivity index (χ4v) is 3.86. The minimum absolute atomic E-state index is 0.333. The third kappa shape index (κ3) is 3.81. The molecule has 3 nitrogen and oxygen atoms in total. The number of carbonyl (C=O) groups is 1. The second-order valence-corrected chi connectivity index (χ2v) is 6.70. The Hall–Kier alpha value is -0.850. The molecular weight excluding hydrogens is 346 g/mol. The van der Waals surface area contributed by atoms with Crippen LogP contribution in [0.15, 0.2) is 32.9 Å². The fourth-order valence-electron chi connectivity index (χ4n) is 1.52. The van der Waals surface area contributed by atoms with Crippen LogP contribution in [0, 0.1) is 0 Å². The summed E-state index contributed by atoms with van der Waals surface area (Å²) in [5, 5.41) is 12.3. The Morgan fingerprint density at radius 2 is 2.32 bits per heavy atom. The summed E-state index contributed by atoms with van der Waals surface area (Å²) in [5.74, 6) is -0.213. The van der Waals surface area contributed by atoms with Gasteiger partial charge in [-0.05, 0) is 24.6 Å². The molecule has 0 amide bonds. The van der Waals surface area contributed by atoms with Gasteiger partial charge in [-0.3, -0.25) is 0 Å². The second-order valence-electron chi connectivity index (χ2n) is 3.82. The van der Waals surface area contributed by atoms with Crippen LogP contribution in [0.25, 0.3) is 0 Å². The SMILES string of the molecule is CCc1nc(CSc2cc(Br)ccc2C(=O)O)cs1. The zero-order valence-corrected chi connectivity index (χ0v) is 13.4. The van der Waals surface area contributed by atoms with Crippen molar-refractivity contribution in [3.63, 3.8) is 0 Å². The predicted octanol–water partition coefficient (Wildman–Crippen LogP) is 4.46. The molecule has 0 aliphatic carbocycles. The summed E-state index contributed by atoms with van der Waals surface area (Å²) in [6, 6.07) is 5.19. The molecule has 1 heterocycles. The number of thioether (sulfide) groups is 1. The molecule has 100 valence electrons. The minimum atomic E-state index is -0.900. The van der Waals surface area contributed by atoms with Crippen LogP contribution in [-0.4, -0.2) is 16.1 Å².